The molecule has 122 valence electrons. The molecule has 0 spiro atoms. The highest BCUT2D eigenvalue weighted by Gasteiger charge is 2.20. The number of halogens is 1. The summed E-state index contributed by atoms with van der Waals surface area (Å²) in [5.41, 5.74) is 5.93. The van der Waals surface area contributed by atoms with E-state index in [4.69, 9.17) is 16.6 Å². The fourth-order valence-electron chi connectivity index (χ4n) is 3.92. The zero-order chi connectivity index (χ0) is 16.8. The van der Waals surface area contributed by atoms with Gasteiger partial charge in [-0.2, -0.15) is 0 Å². The second-order valence-corrected chi connectivity index (χ2v) is 6.97. The maximum atomic E-state index is 6.23. The molecule has 1 aliphatic heterocycles. The maximum absolute atomic E-state index is 6.23. The van der Waals surface area contributed by atoms with E-state index in [9.17, 15) is 0 Å². The molecule has 1 aliphatic rings. The molecule has 0 unspecified atom stereocenters. The standard InChI is InChI=1S/C22H17ClN2/c23-16-6-3-5-15(12-16)22-19-13-24-11-10-18(19)21-17-7-2-1-4-14(17)8-9-20(21)25-22/h1-9,12,24H,10-11,13H2. The van der Waals surface area contributed by atoms with Gasteiger partial charge < -0.3 is 5.32 Å². The van der Waals surface area contributed by atoms with Gasteiger partial charge in [0.05, 0.1) is 11.2 Å². The van der Waals surface area contributed by atoms with Gasteiger partial charge in [-0.3, -0.25) is 0 Å². The Kier molecular flexibility index (Phi) is 3.47. The number of nitrogens with one attached hydrogen (secondary N) is 1. The van der Waals surface area contributed by atoms with Crippen molar-refractivity contribution < 1.29 is 0 Å². The summed E-state index contributed by atoms with van der Waals surface area (Å²) in [6, 6.07) is 20.9. The van der Waals surface area contributed by atoms with Gasteiger partial charge in [0.1, 0.15) is 0 Å². The number of benzene rings is 3. The Balaban J connectivity index is 1.91. The molecule has 0 fully saturated rings. The van der Waals surface area contributed by atoms with Crippen molar-refractivity contribution in [3.05, 3.63) is 76.8 Å². The fraction of sp³-hybridized carbons (Fsp3) is 0.136. The zero-order valence-electron chi connectivity index (χ0n) is 13.7. The van der Waals surface area contributed by atoms with Crippen LogP contribution in [0.25, 0.3) is 32.9 Å². The molecule has 0 amide bonds. The van der Waals surface area contributed by atoms with Gasteiger partial charge in [-0.05, 0) is 53.1 Å². The minimum absolute atomic E-state index is 0.746. The molecule has 25 heavy (non-hydrogen) atoms. The average molecular weight is 345 g/mol. The van der Waals surface area contributed by atoms with Crippen molar-refractivity contribution in [1.29, 1.82) is 0 Å². The van der Waals surface area contributed by atoms with Crippen molar-refractivity contribution in [3.8, 4) is 11.3 Å². The SMILES string of the molecule is Clc1cccc(-c2nc3ccc4ccccc4c3c3c2CNCC3)c1. The lowest BCUT2D eigenvalue weighted by Gasteiger charge is -2.23. The normalized spacial score (nSPS) is 14.0. The van der Waals surface area contributed by atoms with E-state index in [2.05, 4.69) is 47.8 Å². The number of rotatable bonds is 1. The largest absolute Gasteiger partial charge is 0.312 e. The second-order valence-electron chi connectivity index (χ2n) is 6.54. The van der Waals surface area contributed by atoms with E-state index >= 15 is 0 Å². The summed E-state index contributed by atoms with van der Waals surface area (Å²) in [6.07, 6.45) is 1.02. The summed E-state index contributed by atoms with van der Waals surface area (Å²) in [7, 11) is 0. The molecule has 3 heteroatoms. The molecule has 0 saturated heterocycles. The Morgan fingerprint density at radius 1 is 0.920 bits per heavy atom. The van der Waals surface area contributed by atoms with E-state index in [1.54, 1.807) is 0 Å². The molecule has 0 radical (unpaired) electrons. The first-order valence-electron chi connectivity index (χ1n) is 8.61. The topological polar surface area (TPSA) is 24.9 Å². The van der Waals surface area contributed by atoms with Crippen molar-refractivity contribution in [1.82, 2.24) is 10.3 Å². The molecule has 0 saturated carbocycles. The summed E-state index contributed by atoms with van der Waals surface area (Å²) in [6.45, 7) is 1.85. The summed E-state index contributed by atoms with van der Waals surface area (Å²) in [5.74, 6) is 0. The molecular formula is C22H17ClN2. The van der Waals surface area contributed by atoms with Gasteiger partial charge in [0.15, 0.2) is 0 Å². The summed E-state index contributed by atoms with van der Waals surface area (Å²) < 4.78 is 0. The molecule has 3 aromatic carbocycles. The predicted octanol–water partition coefficient (Wildman–Crippen LogP) is 5.35. The number of pyridine rings is 1. The zero-order valence-corrected chi connectivity index (χ0v) is 14.5. The van der Waals surface area contributed by atoms with E-state index in [0.717, 1.165) is 41.3 Å². The van der Waals surface area contributed by atoms with E-state index in [1.165, 1.54) is 27.3 Å². The number of aromatic nitrogens is 1. The van der Waals surface area contributed by atoms with Crippen molar-refractivity contribution in [3.63, 3.8) is 0 Å². The minimum Gasteiger partial charge on any atom is -0.312 e. The highest BCUT2D eigenvalue weighted by Crippen LogP contribution is 2.36. The van der Waals surface area contributed by atoms with Crippen molar-refractivity contribution >= 4 is 33.3 Å². The molecule has 4 aromatic rings. The lowest BCUT2D eigenvalue weighted by atomic mass is 9.90. The van der Waals surface area contributed by atoms with Crippen LogP contribution in [0.3, 0.4) is 0 Å². The first kappa shape index (κ1) is 14.9. The maximum Gasteiger partial charge on any atom is 0.0757 e. The predicted molar refractivity (Wildman–Crippen MR) is 105 cm³/mol. The van der Waals surface area contributed by atoms with E-state index in [0.29, 0.717) is 0 Å². The number of hydrogen-bond donors (Lipinski definition) is 1. The lowest BCUT2D eigenvalue weighted by molar-refractivity contribution is 0.646. The van der Waals surface area contributed by atoms with Crippen molar-refractivity contribution in [2.75, 3.05) is 6.54 Å². The second kappa shape index (κ2) is 5.83. The monoisotopic (exact) mass is 344 g/mol. The van der Waals surface area contributed by atoms with E-state index < -0.39 is 0 Å². The number of hydrogen-bond acceptors (Lipinski definition) is 2. The minimum atomic E-state index is 0.746. The third kappa shape index (κ3) is 2.41. The smallest absolute Gasteiger partial charge is 0.0757 e. The van der Waals surface area contributed by atoms with Crippen molar-refractivity contribution in [2.24, 2.45) is 0 Å². The Bertz CT molecular complexity index is 1120. The highest BCUT2D eigenvalue weighted by atomic mass is 35.5. The highest BCUT2D eigenvalue weighted by molar-refractivity contribution is 6.30. The number of fused-ring (bicyclic) bond motifs is 5. The fourth-order valence-corrected chi connectivity index (χ4v) is 4.11. The van der Waals surface area contributed by atoms with Crippen LogP contribution < -0.4 is 5.32 Å². The van der Waals surface area contributed by atoms with Gasteiger partial charge in [-0.15, -0.1) is 0 Å². The van der Waals surface area contributed by atoms with E-state index in [-0.39, 0.29) is 0 Å². The molecular weight excluding hydrogens is 328 g/mol. The Morgan fingerprint density at radius 2 is 1.84 bits per heavy atom. The van der Waals surface area contributed by atoms with Gasteiger partial charge >= 0.3 is 0 Å². The summed E-state index contributed by atoms with van der Waals surface area (Å²) >= 11 is 6.23. The molecule has 0 bridgehead atoms. The number of nitrogens with zero attached hydrogens (tertiary/aromatic N) is 1. The third-order valence-electron chi connectivity index (χ3n) is 5.04. The van der Waals surface area contributed by atoms with Gasteiger partial charge in [0, 0.05) is 22.5 Å². The molecule has 2 nitrogen and oxygen atoms in total. The van der Waals surface area contributed by atoms with Crippen LogP contribution in [0.2, 0.25) is 5.02 Å². The van der Waals surface area contributed by atoms with Gasteiger partial charge in [-0.25, -0.2) is 4.98 Å². The molecule has 1 aromatic heterocycles. The molecule has 2 heterocycles. The van der Waals surface area contributed by atoms with Gasteiger partial charge in [0.25, 0.3) is 0 Å². The average Bonchev–Trinajstić information content (AvgIpc) is 2.67. The van der Waals surface area contributed by atoms with Crippen LogP contribution in [0.15, 0.2) is 60.7 Å². The summed E-state index contributed by atoms with van der Waals surface area (Å²) in [5, 5.41) is 8.12. The molecule has 5 rings (SSSR count). The van der Waals surface area contributed by atoms with Gasteiger partial charge in [0.2, 0.25) is 0 Å². The van der Waals surface area contributed by atoms with Gasteiger partial charge in [-0.1, -0.05) is 54.1 Å². The van der Waals surface area contributed by atoms with Crippen molar-refractivity contribution in [2.45, 2.75) is 13.0 Å². The summed E-state index contributed by atoms with van der Waals surface area (Å²) in [4.78, 5) is 5.05. The third-order valence-corrected chi connectivity index (χ3v) is 5.28. The van der Waals surface area contributed by atoms with Crippen LogP contribution >= 0.6 is 11.6 Å². The van der Waals surface area contributed by atoms with Crippen LogP contribution in [0.4, 0.5) is 0 Å². The molecule has 1 N–H and O–H groups in total. The molecule has 0 aliphatic carbocycles. The lowest BCUT2D eigenvalue weighted by Crippen LogP contribution is -2.25. The van der Waals surface area contributed by atoms with Crippen LogP contribution in [0.5, 0.6) is 0 Å². The Hall–Kier alpha value is -2.42. The van der Waals surface area contributed by atoms with E-state index in [1.807, 2.05) is 18.2 Å². The molecule has 0 atom stereocenters. The van der Waals surface area contributed by atoms with Crippen LogP contribution in [0.1, 0.15) is 11.1 Å². The first-order chi connectivity index (χ1) is 12.3. The van der Waals surface area contributed by atoms with Crippen LogP contribution in [-0.4, -0.2) is 11.5 Å². The van der Waals surface area contributed by atoms with Crippen LogP contribution in [-0.2, 0) is 13.0 Å². The Labute approximate surface area is 151 Å². The Morgan fingerprint density at radius 3 is 2.76 bits per heavy atom. The first-order valence-corrected chi connectivity index (χ1v) is 8.99. The quantitative estimate of drug-likeness (QED) is 0.470. The van der Waals surface area contributed by atoms with Crippen LogP contribution in [0, 0.1) is 0 Å².